The lowest BCUT2D eigenvalue weighted by molar-refractivity contribution is 0.0668. The van der Waals surface area contributed by atoms with Crippen molar-refractivity contribution in [2.24, 2.45) is 0 Å². The molecule has 4 aromatic rings. The number of aliphatic hydroxyl groups excluding tert-OH is 2. The second-order valence-corrected chi connectivity index (χ2v) is 13.1. The maximum Gasteiger partial charge on any atom is 0.255 e. The zero-order valence-electron chi connectivity index (χ0n) is 28.2. The SMILES string of the molecule is C.Cl.O=C(Nc1ccc(CCl)cc1)c1ccc(Cl)cc1.O=C(Nc1ccc(CN2CCCC(O)C2)cc1)c1ccc(Cl)cc1.OC1CCCNC1.[B]. The van der Waals surface area contributed by atoms with Crippen LogP contribution in [0.15, 0.2) is 97.1 Å². The van der Waals surface area contributed by atoms with Crippen molar-refractivity contribution in [2.45, 2.75) is 57.7 Å². The fourth-order valence-corrected chi connectivity index (χ4v) is 5.68. The van der Waals surface area contributed by atoms with Crippen molar-refractivity contribution in [1.29, 1.82) is 0 Å². The van der Waals surface area contributed by atoms with Crippen LogP contribution in [0.3, 0.4) is 0 Å². The van der Waals surface area contributed by atoms with Crippen molar-refractivity contribution >= 4 is 78.8 Å². The number of anilines is 2. The number of β-amino-alcohol motifs (C(OH)–C–C–N with tert-alkyl or cyclic N) is 2. The molecule has 0 saturated carbocycles. The van der Waals surface area contributed by atoms with E-state index in [9.17, 15) is 14.7 Å². The Morgan fingerprint density at radius 3 is 1.56 bits per heavy atom. The van der Waals surface area contributed by atoms with E-state index in [2.05, 4.69) is 20.9 Å². The van der Waals surface area contributed by atoms with Crippen LogP contribution < -0.4 is 16.0 Å². The predicted molar refractivity (Wildman–Crippen MR) is 220 cm³/mol. The van der Waals surface area contributed by atoms with Crippen LogP contribution in [-0.2, 0) is 12.4 Å². The number of benzene rings is 4. The molecule has 5 N–H and O–H groups in total. The van der Waals surface area contributed by atoms with Gasteiger partial charge in [0.1, 0.15) is 0 Å². The van der Waals surface area contributed by atoms with E-state index in [0.717, 1.165) is 75.3 Å². The molecule has 3 radical (unpaired) electrons. The molecule has 279 valence electrons. The number of likely N-dealkylation sites (tertiary alicyclic amines) is 1. The summed E-state index contributed by atoms with van der Waals surface area (Å²) in [7, 11) is 0. The van der Waals surface area contributed by atoms with Crippen LogP contribution in [0, 0.1) is 0 Å². The van der Waals surface area contributed by atoms with Gasteiger partial charge in [-0.05, 0) is 123 Å². The molecule has 2 aliphatic rings. The van der Waals surface area contributed by atoms with Gasteiger partial charge in [-0.2, -0.15) is 0 Å². The summed E-state index contributed by atoms with van der Waals surface area (Å²) in [5.41, 5.74) is 4.84. The maximum absolute atomic E-state index is 12.2. The first-order chi connectivity index (χ1) is 23.7. The molecule has 2 atom stereocenters. The summed E-state index contributed by atoms with van der Waals surface area (Å²) in [5.74, 6) is 0.148. The highest BCUT2D eigenvalue weighted by Crippen LogP contribution is 2.18. The van der Waals surface area contributed by atoms with Crippen LogP contribution in [0.1, 0.15) is 65.0 Å². The topological polar surface area (TPSA) is 114 Å². The summed E-state index contributed by atoms with van der Waals surface area (Å²) in [6.07, 6.45) is 3.75. The first kappa shape index (κ1) is 46.9. The highest BCUT2D eigenvalue weighted by atomic mass is 35.5. The lowest BCUT2D eigenvalue weighted by Crippen LogP contribution is -2.37. The van der Waals surface area contributed by atoms with E-state index in [1.54, 1.807) is 48.5 Å². The summed E-state index contributed by atoms with van der Waals surface area (Å²) in [6.45, 7) is 4.45. The fraction of sp³-hybridized carbons (Fsp3) is 0.333. The van der Waals surface area contributed by atoms with Crippen LogP contribution in [0.25, 0.3) is 0 Å². The van der Waals surface area contributed by atoms with E-state index in [-0.39, 0.29) is 52.3 Å². The summed E-state index contributed by atoms with van der Waals surface area (Å²) < 4.78 is 0. The molecule has 0 aromatic heterocycles. The van der Waals surface area contributed by atoms with Crippen LogP contribution >= 0.6 is 47.2 Å². The smallest absolute Gasteiger partial charge is 0.255 e. The molecule has 2 amide bonds. The van der Waals surface area contributed by atoms with Crippen LogP contribution in [-0.4, -0.2) is 73.7 Å². The van der Waals surface area contributed by atoms with Gasteiger partial charge in [-0.3, -0.25) is 14.5 Å². The number of carbonyl (C=O) groups excluding carboxylic acids is 2. The number of amides is 2. The van der Waals surface area contributed by atoms with E-state index >= 15 is 0 Å². The molecule has 4 aromatic carbocycles. The van der Waals surface area contributed by atoms with E-state index in [4.69, 9.17) is 39.9 Å². The molecule has 52 heavy (non-hydrogen) atoms. The zero-order valence-corrected chi connectivity index (χ0v) is 31.3. The van der Waals surface area contributed by atoms with Crippen molar-refractivity contribution < 1.29 is 19.8 Å². The Balaban J connectivity index is 0.000000427. The third-order valence-corrected chi connectivity index (χ3v) is 8.76. The summed E-state index contributed by atoms with van der Waals surface area (Å²) in [6, 6.07) is 28.8. The second kappa shape index (κ2) is 25.0. The largest absolute Gasteiger partial charge is 0.392 e. The Kier molecular flexibility index (Phi) is 22.6. The van der Waals surface area contributed by atoms with Gasteiger partial charge in [0.05, 0.1) is 12.2 Å². The van der Waals surface area contributed by atoms with Gasteiger partial charge in [0.2, 0.25) is 0 Å². The molecule has 0 bridgehead atoms. The standard InChI is InChI=1S/C19H21ClN2O2.C14H11Cl2NO.C5H11NO.CH4.B.ClH/c20-16-7-5-15(6-8-16)19(24)21-17-9-3-14(4-10-17)12-22-11-1-2-18(23)13-22;15-9-10-1-7-13(8-2-10)17-14(18)11-3-5-12(16)6-4-11;7-5-2-1-3-6-4-5;;;/h3-10,18,23H,1-2,11-13H2,(H,21,24);1-8H,9H2,(H,17,18);5-7H,1-4H2;1H4;;1H. The number of nitrogens with one attached hydrogen (secondary N) is 3. The van der Waals surface area contributed by atoms with Gasteiger partial charge in [-0.1, -0.05) is 54.9 Å². The molecular weight excluding hydrogens is 741 g/mol. The van der Waals surface area contributed by atoms with Crippen molar-refractivity contribution in [1.82, 2.24) is 10.2 Å². The van der Waals surface area contributed by atoms with Crippen LogP contribution in [0.2, 0.25) is 10.0 Å². The zero-order chi connectivity index (χ0) is 35.0. The van der Waals surface area contributed by atoms with Gasteiger partial charge in [-0.25, -0.2) is 0 Å². The minimum Gasteiger partial charge on any atom is -0.392 e. The molecule has 2 fully saturated rings. The average molecular weight is 789 g/mol. The monoisotopic (exact) mass is 787 g/mol. The quantitative estimate of drug-likeness (QED) is 0.0952. The number of piperidine rings is 2. The first-order valence-corrected chi connectivity index (χ1v) is 17.6. The van der Waals surface area contributed by atoms with Gasteiger partial charge >= 0.3 is 0 Å². The third kappa shape index (κ3) is 16.7. The van der Waals surface area contributed by atoms with Gasteiger partial charge in [0, 0.05) is 66.5 Å². The Hall–Kier alpha value is -3.12. The Bertz CT molecular complexity index is 1590. The minimum atomic E-state index is -0.211. The number of rotatable bonds is 7. The fourth-order valence-electron chi connectivity index (χ4n) is 5.25. The molecule has 6 rings (SSSR count). The number of halogens is 4. The van der Waals surface area contributed by atoms with Gasteiger partial charge < -0.3 is 26.2 Å². The molecule has 13 heteroatoms. The Morgan fingerprint density at radius 1 is 0.712 bits per heavy atom. The van der Waals surface area contributed by atoms with Crippen molar-refractivity contribution in [3.05, 3.63) is 129 Å². The number of alkyl halides is 1. The van der Waals surface area contributed by atoms with Gasteiger partial charge in [0.15, 0.2) is 0 Å². The molecule has 2 unspecified atom stereocenters. The average Bonchev–Trinajstić information content (AvgIpc) is 3.11. The molecular formula is C39H48BCl4N4O4. The third-order valence-electron chi connectivity index (χ3n) is 7.95. The van der Waals surface area contributed by atoms with E-state index < -0.39 is 0 Å². The minimum absolute atomic E-state index is 0. The first-order valence-electron chi connectivity index (χ1n) is 16.4. The van der Waals surface area contributed by atoms with Crippen LogP contribution in [0.5, 0.6) is 0 Å². The van der Waals surface area contributed by atoms with E-state index in [0.29, 0.717) is 27.1 Å². The summed E-state index contributed by atoms with van der Waals surface area (Å²) in [5, 5.41) is 28.6. The van der Waals surface area contributed by atoms with Crippen molar-refractivity contribution in [2.75, 3.05) is 36.8 Å². The number of aliphatic hydroxyl groups is 2. The van der Waals surface area contributed by atoms with Gasteiger partial charge in [0.25, 0.3) is 11.8 Å². The lowest BCUT2D eigenvalue weighted by Gasteiger charge is -2.29. The number of nitrogens with zero attached hydrogens (tertiary/aromatic N) is 1. The van der Waals surface area contributed by atoms with E-state index in [1.165, 1.54) is 5.56 Å². The Morgan fingerprint density at radius 2 is 1.17 bits per heavy atom. The molecule has 2 aliphatic heterocycles. The second-order valence-electron chi connectivity index (χ2n) is 12.0. The van der Waals surface area contributed by atoms with Crippen LogP contribution in [0.4, 0.5) is 11.4 Å². The maximum atomic E-state index is 12.2. The molecule has 2 heterocycles. The van der Waals surface area contributed by atoms with Gasteiger partial charge in [-0.15, -0.1) is 24.0 Å². The number of hydrogen-bond acceptors (Lipinski definition) is 6. The molecule has 2 saturated heterocycles. The van der Waals surface area contributed by atoms with E-state index in [1.807, 2.05) is 48.5 Å². The lowest BCUT2D eigenvalue weighted by atomic mass is 10.1. The normalized spacial score (nSPS) is 16.4. The highest BCUT2D eigenvalue weighted by Gasteiger charge is 2.17. The molecule has 0 spiro atoms. The highest BCUT2D eigenvalue weighted by molar-refractivity contribution is 6.31. The number of hydrogen-bond donors (Lipinski definition) is 5. The predicted octanol–water partition coefficient (Wildman–Crippen LogP) is 8.29. The number of carbonyl (C=O) groups is 2. The summed E-state index contributed by atoms with van der Waals surface area (Å²) in [4.78, 5) is 26.3. The molecule has 8 nitrogen and oxygen atoms in total. The Labute approximate surface area is 331 Å². The summed E-state index contributed by atoms with van der Waals surface area (Å²) >= 11 is 17.3. The van der Waals surface area contributed by atoms with Crippen molar-refractivity contribution in [3.63, 3.8) is 0 Å². The molecule has 0 aliphatic carbocycles. The van der Waals surface area contributed by atoms with Crippen molar-refractivity contribution in [3.8, 4) is 0 Å².